The summed E-state index contributed by atoms with van der Waals surface area (Å²) in [4.78, 5) is 11.5. The normalized spacial score (nSPS) is 12.0. The van der Waals surface area contributed by atoms with E-state index in [4.69, 9.17) is 9.47 Å². The van der Waals surface area contributed by atoms with Crippen molar-refractivity contribution in [2.45, 2.75) is 18.8 Å². The predicted molar refractivity (Wildman–Crippen MR) is 116 cm³/mol. The molecule has 0 aliphatic carbocycles. The number of hydrogen-bond donors (Lipinski definition) is 2. The van der Waals surface area contributed by atoms with E-state index in [1.54, 1.807) is 12.1 Å². The Labute approximate surface area is 177 Å². The van der Waals surface area contributed by atoms with E-state index in [9.17, 15) is 9.90 Å². The van der Waals surface area contributed by atoms with E-state index in [2.05, 4.69) is 5.32 Å². The quantitative estimate of drug-likeness (QED) is 0.503. The topological polar surface area (TPSA) is 67.8 Å². The van der Waals surface area contributed by atoms with Gasteiger partial charge in [-0.25, -0.2) is 4.79 Å². The minimum atomic E-state index is -0.644. The van der Waals surface area contributed by atoms with Crippen molar-refractivity contribution in [3.05, 3.63) is 107 Å². The smallest absolute Gasteiger partial charge is 0.337 e. The van der Waals surface area contributed by atoms with Crippen LogP contribution in [0.5, 0.6) is 0 Å². The largest absolute Gasteiger partial charge is 0.465 e. The lowest BCUT2D eigenvalue weighted by Crippen LogP contribution is -2.30. The lowest BCUT2D eigenvalue weighted by molar-refractivity contribution is 0.00649. The number of methoxy groups -OCH3 is 1. The Morgan fingerprint density at radius 1 is 0.900 bits per heavy atom. The van der Waals surface area contributed by atoms with Crippen molar-refractivity contribution in [2.24, 2.45) is 0 Å². The summed E-state index contributed by atoms with van der Waals surface area (Å²) in [7, 11) is 1.36. The van der Waals surface area contributed by atoms with Crippen LogP contribution in [0.1, 0.15) is 33.2 Å². The first kappa shape index (κ1) is 21.7. The van der Waals surface area contributed by atoms with Crippen LogP contribution in [-0.2, 0) is 16.0 Å². The second-order valence-corrected chi connectivity index (χ2v) is 7.01. The lowest BCUT2D eigenvalue weighted by Gasteiger charge is -2.21. The molecule has 5 nitrogen and oxygen atoms in total. The molecule has 3 aromatic rings. The molecule has 5 heteroatoms. The van der Waals surface area contributed by atoms with Gasteiger partial charge in [0.2, 0.25) is 0 Å². The van der Waals surface area contributed by atoms with Gasteiger partial charge in [0.25, 0.3) is 0 Å². The highest BCUT2D eigenvalue weighted by Gasteiger charge is 2.16. The van der Waals surface area contributed by atoms with E-state index >= 15 is 0 Å². The molecule has 0 bridgehead atoms. The SMILES string of the molecule is COC(=O)c1ccc(CNC[C@H](O)COC(c2ccccc2)c2ccccc2)cc1. The van der Waals surface area contributed by atoms with Crippen LogP contribution in [0.3, 0.4) is 0 Å². The zero-order valence-corrected chi connectivity index (χ0v) is 17.0. The molecule has 0 heterocycles. The zero-order valence-electron chi connectivity index (χ0n) is 17.0. The van der Waals surface area contributed by atoms with Crippen LogP contribution < -0.4 is 5.32 Å². The van der Waals surface area contributed by atoms with Gasteiger partial charge in [-0.05, 0) is 28.8 Å². The lowest BCUT2D eigenvalue weighted by atomic mass is 10.0. The first-order chi connectivity index (χ1) is 14.7. The summed E-state index contributed by atoms with van der Waals surface area (Å²) in [5.74, 6) is -0.353. The second-order valence-electron chi connectivity index (χ2n) is 7.01. The summed E-state index contributed by atoms with van der Waals surface area (Å²) in [6, 6.07) is 27.2. The third kappa shape index (κ3) is 6.26. The van der Waals surface area contributed by atoms with Crippen molar-refractivity contribution in [2.75, 3.05) is 20.3 Å². The van der Waals surface area contributed by atoms with Crippen LogP contribution in [0.4, 0.5) is 0 Å². The van der Waals surface area contributed by atoms with Gasteiger partial charge >= 0.3 is 5.97 Å². The number of esters is 1. The number of carbonyl (C=O) groups excluding carboxylic acids is 1. The fourth-order valence-corrected chi connectivity index (χ4v) is 3.17. The summed E-state index contributed by atoms with van der Waals surface area (Å²) in [5.41, 5.74) is 3.63. The van der Waals surface area contributed by atoms with Crippen molar-refractivity contribution in [3.63, 3.8) is 0 Å². The summed E-state index contributed by atoms with van der Waals surface area (Å²) in [6.07, 6.45) is -0.873. The Balaban J connectivity index is 1.50. The Morgan fingerprint density at radius 2 is 1.47 bits per heavy atom. The standard InChI is InChI=1S/C25H27NO4/c1-29-25(28)22-14-12-19(13-15-22)16-26-17-23(27)18-30-24(20-8-4-2-5-9-20)21-10-6-3-7-11-21/h2-15,23-24,26-27H,16-18H2,1H3/t23-/m0/s1. The van der Waals surface area contributed by atoms with Gasteiger partial charge in [0.15, 0.2) is 0 Å². The van der Waals surface area contributed by atoms with Crippen LogP contribution in [-0.4, -0.2) is 37.4 Å². The summed E-state index contributed by atoms with van der Waals surface area (Å²) < 4.78 is 10.8. The Kier molecular flexibility index (Phi) is 8.15. The van der Waals surface area contributed by atoms with Crippen molar-refractivity contribution in [1.82, 2.24) is 5.32 Å². The van der Waals surface area contributed by atoms with Gasteiger partial charge < -0.3 is 19.9 Å². The van der Waals surface area contributed by atoms with E-state index < -0.39 is 6.10 Å². The molecule has 0 saturated heterocycles. The van der Waals surface area contributed by atoms with Gasteiger partial charge in [0.1, 0.15) is 6.10 Å². The average Bonchev–Trinajstić information content (AvgIpc) is 2.80. The molecule has 3 rings (SSSR count). The number of aliphatic hydroxyl groups excluding tert-OH is 1. The number of hydrogen-bond acceptors (Lipinski definition) is 5. The molecule has 0 aliphatic heterocycles. The molecule has 0 saturated carbocycles. The first-order valence-electron chi connectivity index (χ1n) is 9.95. The van der Waals surface area contributed by atoms with Gasteiger partial charge in [-0.2, -0.15) is 0 Å². The van der Waals surface area contributed by atoms with Gasteiger partial charge in [0.05, 0.1) is 25.4 Å². The van der Waals surface area contributed by atoms with Gasteiger partial charge in [-0.3, -0.25) is 0 Å². The molecule has 0 aromatic heterocycles. The first-order valence-corrected chi connectivity index (χ1v) is 9.95. The number of benzene rings is 3. The van der Waals surface area contributed by atoms with E-state index in [1.165, 1.54) is 7.11 Å². The van der Waals surface area contributed by atoms with E-state index in [0.717, 1.165) is 16.7 Å². The molecule has 1 atom stereocenters. The fraction of sp³-hybridized carbons (Fsp3) is 0.240. The highest BCUT2D eigenvalue weighted by molar-refractivity contribution is 5.89. The zero-order chi connectivity index (χ0) is 21.2. The van der Waals surface area contributed by atoms with Gasteiger partial charge in [-0.15, -0.1) is 0 Å². The maximum Gasteiger partial charge on any atom is 0.337 e. The Morgan fingerprint density at radius 3 is 2.00 bits per heavy atom. The van der Waals surface area contributed by atoms with Crippen molar-refractivity contribution in [3.8, 4) is 0 Å². The molecule has 0 amide bonds. The minimum absolute atomic E-state index is 0.211. The minimum Gasteiger partial charge on any atom is -0.465 e. The number of nitrogens with one attached hydrogen (secondary N) is 1. The van der Waals surface area contributed by atoms with Gasteiger partial charge in [0, 0.05) is 13.1 Å². The molecule has 0 radical (unpaired) electrons. The van der Waals surface area contributed by atoms with Crippen LogP contribution in [0.2, 0.25) is 0 Å². The number of ether oxygens (including phenoxy) is 2. The average molecular weight is 405 g/mol. The van der Waals surface area contributed by atoms with Crippen LogP contribution in [0.25, 0.3) is 0 Å². The fourth-order valence-electron chi connectivity index (χ4n) is 3.17. The van der Waals surface area contributed by atoms with Crippen molar-refractivity contribution >= 4 is 5.97 Å². The van der Waals surface area contributed by atoms with Crippen LogP contribution in [0.15, 0.2) is 84.9 Å². The molecule has 0 fully saturated rings. The molecule has 0 unspecified atom stereocenters. The molecule has 30 heavy (non-hydrogen) atoms. The van der Waals surface area contributed by atoms with Crippen LogP contribution in [0, 0.1) is 0 Å². The molecule has 3 aromatic carbocycles. The van der Waals surface area contributed by atoms with Crippen molar-refractivity contribution in [1.29, 1.82) is 0 Å². The third-order valence-corrected chi connectivity index (χ3v) is 4.74. The Hall–Kier alpha value is -2.99. The molecule has 0 aliphatic rings. The third-order valence-electron chi connectivity index (χ3n) is 4.74. The number of carbonyl (C=O) groups is 1. The predicted octanol–water partition coefficient (Wildman–Crippen LogP) is 3.73. The van der Waals surface area contributed by atoms with E-state index in [1.807, 2.05) is 72.8 Å². The maximum atomic E-state index is 11.5. The van der Waals surface area contributed by atoms with Crippen LogP contribution >= 0.6 is 0 Å². The van der Waals surface area contributed by atoms with E-state index in [0.29, 0.717) is 18.7 Å². The highest BCUT2D eigenvalue weighted by Crippen LogP contribution is 2.25. The molecular weight excluding hydrogens is 378 g/mol. The molecule has 2 N–H and O–H groups in total. The maximum absolute atomic E-state index is 11.5. The summed E-state index contributed by atoms with van der Waals surface area (Å²) in [5, 5.41) is 13.6. The highest BCUT2D eigenvalue weighted by atomic mass is 16.5. The molecular formula is C25H27NO4. The van der Waals surface area contributed by atoms with Gasteiger partial charge in [-0.1, -0.05) is 72.8 Å². The number of rotatable bonds is 10. The Bertz CT molecular complexity index is 858. The summed E-state index contributed by atoms with van der Waals surface area (Å²) in [6.45, 7) is 1.19. The van der Waals surface area contributed by atoms with E-state index in [-0.39, 0.29) is 18.7 Å². The van der Waals surface area contributed by atoms with Crippen molar-refractivity contribution < 1.29 is 19.4 Å². The second kappa shape index (κ2) is 11.3. The summed E-state index contributed by atoms with van der Waals surface area (Å²) >= 11 is 0. The molecule has 156 valence electrons. The number of aliphatic hydroxyl groups is 1. The molecule has 0 spiro atoms. The monoisotopic (exact) mass is 405 g/mol.